The number of nitrogens with zero attached hydrogens (tertiary/aromatic N) is 3. The first-order chi connectivity index (χ1) is 19.1. The van der Waals surface area contributed by atoms with Crippen molar-refractivity contribution in [1.29, 1.82) is 0 Å². The van der Waals surface area contributed by atoms with Crippen LogP contribution >= 0.6 is 0 Å². The second kappa shape index (κ2) is 12.7. The van der Waals surface area contributed by atoms with Gasteiger partial charge in [-0.25, -0.2) is 4.39 Å². The molecule has 9 heteroatoms. The molecule has 208 valence electrons. The number of hydrogen-bond donors (Lipinski definition) is 2. The van der Waals surface area contributed by atoms with Crippen LogP contribution in [0.1, 0.15) is 41.9 Å². The van der Waals surface area contributed by atoms with Crippen LogP contribution in [0.5, 0.6) is 0 Å². The Kier molecular flexibility index (Phi) is 9.06. The van der Waals surface area contributed by atoms with Crippen LogP contribution in [0.15, 0.2) is 71.7 Å². The van der Waals surface area contributed by atoms with Gasteiger partial charge in [-0.15, -0.1) is 0 Å². The summed E-state index contributed by atoms with van der Waals surface area (Å²) in [4.78, 5) is 45.7. The molecule has 0 aliphatic carbocycles. The highest BCUT2D eigenvalue weighted by Crippen LogP contribution is 2.37. The Morgan fingerprint density at radius 1 is 1.00 bits per heavy atom. The minimum atomic E-state index is -0.970. The number of nitrogens with one attached hydrogen (secondary N) is 1. The molecule has 2 N–H and O–H groups in total. The number of benzene rings is 3. The minimum Gasteiger partial charge on any atom is -0.481 e. The molecule has 40 heavy (non-hydrogen) atoms. The molecule has 0 bridgehead atoms. The first-order valence-electron chi connectivity index (χ1n) is 13.1. The van der Waals surface area contributed by atoms with E-state index in [1.54, 1.807) is 66.5 Å². The predicted octanol–water partition coefficient (Wildman–Crippen LogP) is 5.00. The Morgan fingerprint density at radius 3 is 2.45 bits per heavy atom. The van der Waals surface area contributed by atoms with Crippen molar-refractivity contribution in [2.45, 2.75) is 31.6 Å². The summed E-state index contributed by atoms with van der Waals surface area (Å²) in [7, 11) is 5.76. The summed E-state index contributed by atoms with van der Waals surface area (Å²) in [6.45, 7) is 0.934. The number of rotatable bonds is 11. The monoisotopic (exact) mass is 544 g/mol. The molecule has 0 saturated heterocycles. The maximum absolute atomic E-state index is 13.9. The molecule has 3 aromatic carbocycles. The Bertz CT molecular complexity index is 1440. The zero-order valence-corrected chi connectivity index (χ0v) is 22.9. The van der Waals surface area contributed by atoms with Gasteiger partial charge in [-0.3, -0.25) is 19.4 Å². The van der Waals surface area contributed by atoms with Gasteiger partial charge in [0.05, 0.1) is 17.8 Å². The third-order valence-corrected chi connectivity index (χ3v) is 6.80. The van der Waals surface area contributed by atoms with Crippen LogP contribution in [0.25, 0.3) is 0 Å². The average Bonchev–Trinajstić information content (AvgIpc) is 3.23. The number of carboxylic acids is 1. The lowest BCUT2D eigenvalue weighted by Crippen LogP contribution is -2.26. The molecule has 1 aliphatic rings. The quantitative estimate of drug-likeness (QED) is 0.261. The molecule has 0 saturated carbocycles. The molecule has 0 fully saturated rings. The van der Waals surface area contributed by atoms with Gasteiger partial charge in [-0.1, -0.05) is 24.3 Å². The van der Waals surface area contributed by atoms with Crippen molar-refractivity contribution >= 4 is 40.6 Å². The summed E-state index contributed by atoms with van der Waals surface area (Å²) < 4.78 is 13.9. The molecular weight excluding hydrogens is 511 g/mol. The highest BCUT2D eigenvalue weighted by molar-refractivity contribution is 6.24. The second-order valence-electron chi connectivity index (χ2n) is 10.2. The van der Waals surface area contributed by atoms with E-state index >= 15 is 0 Å². The summed E-state index contributed by atoms with van der Waals surface area (Å²) in [5.74, 6) is -2.57. The van der Waals surface area contributed by atoms with Crippen LogP contribution in [0.3, 0.4) is 0 Å². The number of unbranched alkanes of at least 4 members (excludes halogenated alkanes) is 1. The number of halogens is 1. The number of hydrogen-bond acceptors (Lipinski definition) is 5. The van der Waals surface area contributed by atoms with Crippen LogP contribution in [0.4, 0.5) is 21.5 Å². The van der Waals surface area contributed by atoms with Gasteiger partial charge in [0.25, 0.3) is 0 Å². The number of fused-ring (bicyclic) bond motifs is 1. The number of anilines is 2. The Morgan fingerprint density at radius 2 is 1.75 bits per heavy atom. The first kappa shape index (κ1) is 28.6. The summed E-state index contributed by atoms with van der Waals surface area (Å²) in [6, 6.07) is 18.2. The van der Waals surface area contributed by atoms with Gasteiger partial charge in [0.2, 0.25) is 11.8 Å². The van der Waals surface area contributed by atoms with E-state index < -0.39 is 17.7 Å². The average molecular weight is 545 g/mol. The van der Waals surface area contributed by atoms with Gasteiger partial charge < -0.3 is 20.2 Å². The molecule has 0 spiro atoms. The van der Waals surface area contributed by atoms with Gasteiger partial charge >= 0.3 is 5.97 Å². The van der Waals surface area contributed by atoms with Crippen molar-refractivity contribution in [3.63, 3.8) is 0 Å². The van der Waals surface area contributed by atoms with E-state index in [0.29, 0.717) is 40.2 Å². The van der Waals surface area contributed by atoms with Crippen molar-refractivity contribution in [2.75, 3.05) is 37.9 Å². The number of carbonyl (C=O) groups is 3. The molecule has 1 atom stereocenters. The number of aliphatic imine (C=N–C) groups is 1. The highest BCUT2D eigenvalue weighted by atomic mass is 19.1. The molecule has 4 rings (SSSR count). The van der Waals surface area contributed by atoms with E-state index in [1.807, 2.05) is 14.1 Å². The molecule has 3 aromatic rings. The smallest absolute Gasteiger partial charge is 0.307 e. The molecule has 1 heterocycles. The Hall–Kier alpha value is -4.37. The maximum atomic E-state index is 13.9. The fraction of sp³-hybridized carbons (Fsp3) is 0.290. The van der Waals surface area contributed by atoms with E-state index in [1.165, 1.54) is 12.1 Å². The van der Waals surface area contributed by atoms with Gasteiger partial charge in [0.1, 0.15) is 11.7 Å². The molecule has 1 unspecified atom stereocenters. The van der Waals surface area contributed by atoms with Gasteiger partial charge in [-0.2, -0.15) is 0 Å². The van der Waals surface area contributed by atoms with Crippen LogP contribution in [-0.4, -0.2) is 61.2 Å². The summed E-state index contributed by atoms with van der Waals surface area (Å²) in [5, 5.41) is 12.0. The van der Waals surface area contributed by atoms with Crippen LogP contribution in [0.2, 0.25) is 0 Å². The largest absolute Gasteiger partial charge is 0.481 e. The van der Waals surface area contributed by atoms with E-state index in [-0.39, 0.29) is 18.2 Å². The van der Waals surface area contributed by atoms with E-state index in [9.17, 15) is 23.9 Å². The lowest BCUT2D eigenvalue weighted by atomic mass is 9.89. The zero-order chi connectivity index (χ0) is 28.8. The fourth-order valence-corrected chi connectivity index (χ4v) is 4.72. The lowest BCUT2D eigenvalue weighted by molar-refractivity contribution is -0.136. The van der Waals surface area contributed by atoms with Gasteiger partial charge in [0, 0.05) is 24.8 Å². The first-order valence-corrected chi connectivity index (χ1v) is 13.1. The van der Waals surface area contributed by atoms with Crippen molar-refractivity contribution < 1.29 is 23.9 Å². The van der Waals surface area contributed by atoms with Crippen LogP contribution in [0, 0.1) is 5.82 Å². The summed E-state index contributed by atoms with van der Waals surface area (Å²) in [6.07, 6.45) is 2.03. The second-order valence-corrected chi connectivity index (χ2v) is 10.2. The normalized spacial score (nSPS) is 14.7. The van der Waals surface area contributed by atoms with Crippen LogP contribution in [-0.2, 0) is 20.8 Å². The summed E-state index contributed by atoms with van der Waals surface area (Å²) in [5.41, 5.74) is 3.81. The maximum Gasteiger partial charge on any atom is 0.307 e. The third-order valence-electron chi connectivity index (χ3n) is 6.80. The van der Waals surface area contributed by atoms with Crippen LogP contribution < -0.4 is 10.2 Å². The molecule has 0 aromatic heterocycles. The van der Waals surface area contributed by atoms with Crippen molar-refractivity contribution in [3.05, 3.63) is 89.2 Å². The van der Waals surface area contributed by atoms with E-state index in [4.69, 9.17) is 4.99 Å². The van der Waals surface area contributed by atoms with Crippen molar-refractivity contribution in [3.8, 4) is 0 Å². The number of amides is 2. The standard InChI is InChI=1S/C31H33FN4O4/c1-35(2)16-5-4-9-27(37)36(3)24-13-11-23(12-14-24)33-30(21-8-6-7-20(17-21)18-28(38)39)29-25-15-10-22(32)19-26(25)34-31(29)40/h6-8,10-15,17,19,29H,4-5,9,16,18H2,1-3H3,(H,34,40)(H,38,39). The van der Waals surface area contributed by atoms with Gasteiger partial charge in [0.15, 0.2) is 0 Å². The molecule has 0 radical (unpaired) electrons. The minimum absolute atomic E-state index is 0.0254. The molecular formula is C31H33FN4O4. The topological polar surface area (TPSA) is 102 Å². The Balaban J connectivity index is 1.64. The molecule has 8 nitrogen and oxygen atoms in total. The zero-order valence-electron chi connectivity index (χ0n) is 22.9. The Labute approximate surface area is 233 Å². The number of aliphatic carboxylic acids is 1. The summed E-state index contributed by atoms with van der Waals surface area (Å²) >= 11 is 0. The third kappa shape index (κ3) is 6.98. The SMILES string of the molecule is CN(C)CCCCC(=O)N(C)c1ccc(N=C(c2cccc(CC(=O)O)c2)C2C(=O)Nc3cc(F)ccc32)cc1. The van der Waals surface area contributed by atoms with E-state index in [2.05, 4.69) is 10.2 Å². The molecule has 2 amide bonds. The number of carbonyl (C=O) groups excluding carboxylic acids is 2. The van der Waals surface area contributed by atoms with Gasteiger partial charge in [-0.05, 0) is 92.6 Å². The number of carboxylic acid groups (broad SMARTS) is 1. The fourth-order valence-electron chi connectivity index (χ4n) is 4.72. The van der Waals surface area contributed by atoms with E-state index in [0.717, 1.165) is 25.1 Å². The predicted molar refractivity (Wildman–Crippen MR) is 154 cm³/mol. The van der Waals surface area contributed by atoms with Crippen molar-refractivity contribution in [2.24, 2.45) is 4.99 Å². The lowest BCUT2D eigenvalue weighted by Gasteiger charge is -2.18. The van der Waals surface area contributed by atoms with Crippen molar-refractivity contribution in [1.82, 2.24) is 4.90 Å². The molecule has 1 aliphatic heterocycles. The highest BCUT2D eigenvalue weighted by Gasteiger charge is 2.35.